The van der Waals surface area contributed by atoms with Gasteiger partial charge in [-0.3, -0.25) is 4.72 Å². The predicted octanol–water partition coefficient (Wildman–Crippen LogP) is 0.885. The fourth-order valence-electron chi connectivity index (χ4n) is 3.09. The molecule has 0 unspecified atom stereocenters. The maximum absolute atomic E-state index is 11.9. The zero-order valence-corrected chi connectivity index (χ0v) is 20.9. The first-order valence-corrected chi connectivity index (χ1v) is 15.0. The smallest absolute Gasteiger partial charge is 0.371 e. The van der Waals surface area contributed by atoms with E-state index in [1.54, 1.807) is 36.7 Å². The summed E-state index contributed by atoms with van der Waals surface area (Å²) in [4.78, 5) is 8.70. The fraction of sp³-hybridized carbons (Fsp3) is 0.105. The number of hydrogen-bond donors (Lipinski definition) is 3. The normalized spacial score (nSPS) is 12.4. The van der Waals surface area contributed by atoms with Gasteiger partial charge in [-0.1, -0.05) is 0 Å². The molecule has 4 aromatic rings. The molecule has 36 heavy (non-hydrogen) atoms. The molecule has 0 bridgehead atoms. The molecule has 0 aliphatic heterocycles. The molecule has 0 aliphatic rings. The van der Waals surface area contributed by atoms with E-state index < -0.39 is 35.2 Å². The number of sulfonamides is 1. The van der Waals surface area contributed by atoms with Gasteiger partial charge in [-0.15, -0.1) is 0 Å². The van der Waals surface area contributed by atoms with Crippen molar-refractivity contribution in [2.75, 3.05) is 21.4 Å². The second-order valence-electron chi connectivity index (χ2n) is 7.56. The average molecular weight is 554 g/mol. The summed E-state index contributed by atoms with van der Waals surface area (Å²) in [6, 6.07) is 12.0. The minimum Gasteiger partial charge on any atom is -0.371 e. The Kier molecular flexibility index (Phi) is 6.56. The van der Waals surface area contributed by atoms with Crippen LogP contribution in [0.15, 0.2) is 60.9 Å². The first-order chi connectivity index (χ1) is 16.8. The minimum atomic E-state index is -4.14. The van der Waals surface area contributed by atoms with E-state index in [4.69, 9.17) is 5.14 Å². The van der Waals surface area contributed by atoms with E-state index in [1.165, 1.54) is 28.9 Å². The molecule has 2 aromatic heterocycles. The summed E-state index contributed by atoms with van der Waals surface area (Å²) in [5.74, 6) is 0.264. The van der Waals surface area contributed by atoms with Gasteiger partial charge in [0.05, 0.1) is 17.3 Å². The number of rotatable bonds is 9. The highest BCUT2D eigenvalue weighted by Crippen LogP contribution is 2.22. The van der Waals surface area contributed by atoms with E-state index in [0.29, 0.717) is 22.4 Å². The quantitative estimate of drug-likeness (QED) is 0.265. The van der Waals surface area contributed by atoms with Gasteiger partial charge in [-0.05, 0) is 48.5 Å². The molecule has 0 spiro atoms. The molecule has 4 N–H and O–H groups in total. The Morgan fingerprint density at radius 3 is 2.17 bits per heavy atom. The highest BCUT2D eigenvalue weighted by atomic mass is 32.3. The minimum absolute atomic E-state index is 0.0387. The summed E-state index contributed by atoms with van der Waals surface area (Å²) in [7, 11) is -11.9. The molecule has 0 atom stereocenters. The van der Waals surface area contributed by atoms with Crippen LogP contribution in [0.1, 0.15) is 0 Å². The zero-order chi connectivity index (χ0) is 26.1. The molecule has 17 heteroatoms. The molecule has 0 saturated carbocycles. The molecule has 0 saturated heterocycles. The Balaban J connectivity index is 1.52. The van der Waals surface area contributed by atoms with Crippen molar-refractivity contribution in [3.8, 4) is 11.4 Å². The second-order valence-corrected chi connectivity index (χ2v) is 12.9. The summed E-state index contributed by atoms with van der Waals surface area (Å²) in [6.07, 6.45) is 3.95. The topological polar surface area (TPSA) is 205 Å². The first kappa shape index (κ1) is 25.3. The first-order valence-electron chi connectivity index (χ1n) is 9.85. The van der Waals surface area contributed by atoms with Gasteiger partial charge in [0.2, 0.25) is 16.0 Å². The van der Waals surface area contributed by atoms with E-state index in [2.05, 4.69) is 29.3 Å². The molecule has 0 radical (unpaired) electrons. The van der Waals surface area contributed by atoms with Gasteiger partial charge in [0.1, 0.15) is 5.75 Å². The van der Waals surface area contributed by atoms with Gasteiger partial charge in [-0.25, -0.2) is 26.5 Å². The van der Waals surface area contributed by atoms with Crippen LogP contribution in [-0.4, -0.2) is 56.3 Å². The molecule has 0 aliphatic carbocycles. The van der Waals surface area contributed by atoms with E-state index in [9.17, 15) is 25.3 Å². The van der Waals surface area contributed by atoms with Crippen LogP contribution >= 0.6 is 0 Å². The Bertz CT molecular complexity index is 1740. The van der Waals surface area contributed by atoms with Crippen LogP contribution in [0, 0.1) is 0 Å². The molecular weight excluding hydrogens is 534 g/mol. The van der Waals surface area contributed by atoms with E-state index in [0.717, 1.165) is 6.26 Å². The van der Waals surface area contributed by atoms with Crippen molar-refractivity contribution in [1.82, 2.24) is 19.7 Å². The lowest BCUT2D eigenvalue weighted by Crippen LogP contribution is -2.22. The molecule has 2 aromatic carbocycles. The van der Waals surface area contributed by atoms with Crippen molar-refractivity contribution in [3.05, 3.63) is 60.9 Å². The number of nitrogens with two attached hydrogens (primary N) is 1. The highest BCUT2D eigenvalue weighted by molar-refractivity contribution is 8.08. The van der Waals surface area contributed by atoms with Gasteiger partial charge in [0.25, 0.3) is 0 Å². The lowest BCUT2D eigenvalue weighted by molar-refractivity contribution is 0.487. The van der Waals surface area contributed by atoms with Gasteiger partial charge >= 0.3 is 10.3 Å². The number of nitrogens with one attached hydrogen (secondary N) is 2. The van der Waals surface area contributed by atoms with Gasteiger partial charge in [0, 0.05) is 23.8 Å². The molecule has 4 rings (SSSR count). The van der Waals surface area contributed by atoms with Gasteiger partial charge in [-0.2, -0.15) is 23.6 Å². The van der Waals surface area contributed by atoms with Crippen molar-refractivity contribution in [1.29, 1.82) is 0 Å². The van der Waals surface area contributed by atoms with Crippen LogP contribution in [0.25, 0.3) is 16.7 Å². The van der Waals surface area contributed by atoms with Crippen molar-refractivity contribution in [2.45, 2.75) is 0 Å². The number of aromatic nitrogens is 4. The lowest BCUT2D eigenvalue weighted by atomic mass is 10.3. The third-order valence-corrected chi connectivity index (χ3v) is 8.31. The van der Waals surface area contributed by atoms with Crippen LogP contribution in [0.2, 0.25) is 0 Å². The van der Waals surface area contributed by atoms with Crippen molar-refractivity contribution >= 4 is 58.5 Å². The van der Waals surface area contributed by atoms with Crippen molar-refractivity contribution in [2.24, 2.45) is 5.14 Å². The van der Waals surface area contributed by atoms with Gasteiger partial charge in [0.15, 0.2) is 20.6 Å². The molecule has 14 nitrogen and oxygen atoms in total. The average Bonchev–Trinajstić information content (AvgIpc) is 3.16. The summed E-state index contributed by atoms with van der Waals surface area (Å²) in [6.45, 7) is 0. The number of benzene rings is 2. The maximum atomic E-state index is 11.9. The van der Waals surface area contributed by atoms with E-state index in [1.807, 2.05) is 0 Å². The zero-order valence-electron chi connectivity index (χ0n) is 18.4. The Morgan fingerprint density at radius 2 is 1.56 bits per heavy atom. The Morgan fingerprint density at radius 1 is 0.917 bits per heavy atom. The molecule has 0 amide bonds. The van der Waals surface area contributed by atoms with Crippen LogP contribution in [0.3, 0.4) is 0 Å². The van der Waals surface area contributed by atoms with Gasteiger partial charge < -0.3 is 9.50 Å². The SMILES string of the molecule is CS(=O)(=O)CS(=O)(=O)Nc1ccc(Nc2ncc3cnn(-c4ccc(OS(N)(=O)=O)cc4)c3n2)cc1. The standard InChI is InChI=1S/C19H19N7O7S3/c1-34(27,28)12-35(29,30)25-15-4-2-14(3-5-15)23-19-21-10-13-11-22-26(18(13)24-19)16-6-8-17(9-7-16)33-36(20,31)32/h2-11,25H,12H2,1H3,(H2,20,31,32)(H,21,23,24). The molecular formula is C19H19N7O7S3. The van der Waals surface area contributed by atoms with E-state index in [-0.39, 0.29) is 17.4 Å². The van der Waals surface area contributed by atoms with Crippen molar-refractivity contribution in [3.63, 3.8) is 0 Å². The molecule has 0 fully saturated rings. The Labute approximate surface area is 206 Å². The summed E-state index contributed by atoms with van der Waals surface area (Å²) in [5, 5.41) is 11.8. The number of nitrogens with zero attached hydrogens (tertiary/aromatic N) is 4. The monoisotopic (exact) mass is 553 g/mol. The van der Waals surface area contributed by atoms with Crippen molar-refractivity contribution < 1.29 is 29.4 Å². The molecule has 2 heterocycles. The molecule has 190 valence electrons. The second kappa shape index (κ2) is 9.34. The summed E-state index contributed by atoms with van der Waals surface area (Å²) >= 11 is 0. The van der Waals surface area contributed by atoms with E-state index >= 15 is 0 Å². The number of sulfone groups is 1. The summed E-state index contributed by atoms with van der Waals surface area (Å²) in [5.41, 5.74) is 1.75. The summed E-state index contributed by atoms with van der Waals surface area (Å²) < 4.78 is 76.9. The van der Waals surface area contributed by atoms with Crippen LogP contribution in [0.5, 0.6) is 5.75 Å². The third kappa shape index (κ3) is 6.66. The lowest BCUT2D eigenvalue weighted by Gasteiger charge is -2.09. The predicted molar refractivity (Wildman–Crippen MR) is 132 cm³/mol. The van der Waals surface area contributed by atoms with Crippen LogP contribution in [0.4, 0.5) is 17.3 Å². The third-order valence-electron chi connectivity index (χ3n) is 4.39. The fourth-order valence-corrected chi connectivity index (χ4v) is 6.45. The largest absolute Gasteiger partial charge is 0.380 e. The number of hydrogen-bond acceptors (Lipinski definition) is 11. The van der Waals surface area contributed by atoms with Crippen LogP contribution < -0.4 is 19.4 Å². The Hall–Kier alpha value is -3.80. The highest BCUT2D eigenvalue weighted by Gasteiger charge is 2.18. The maximum Gasteiger partial charge on any atom is 0.380 e. The van der Waals surface area contributed by atoms with Crippen LogP contribution in [-0.2, 0) is 30.2 Å². The number of fused-ring (bicyclic) bond motifs is 1. The number of anilines is 3.